The first-order valence-electron chi connectivity index (χ1n) is 9.97. The molecule has 2 aliphatic rings. The highest BCUT2D eigenvalue weighted by Crippen LogP contribution is 2.36. The van der Waals surface area contributed by atoms with Crippen LogP contribution in [0.3, 0.4) is 0 Å². The number of rotatable bonds is 6. The predicted molar refractivity (Wildman–Crippen MR) is 111 cm³/mol. The van der Waals surface area contributed by atoms with E-state index in [1.165, 1.54) is 39.4 Å². The largest absolute Gasteiger partial charge is 0.358 e. The number of benzene rings is 1. The van der Waals surface area contributed by atoms with Crippen molar-refractivity contribution in [2.45, 2.75) is 38.6 Å². The first-order chi connectivity index (χ1) is 13.7. The van der Waals surface area contributed by atoms with Crippen LogP contribution in [0.25, 0.3) is 10.9 Å². The number of nitrogens with one attached hydrogen (secondary N) is 3. The molecule has 2 atom stereocenters. The number of hydroxylamine groups is 1. The number of allylic oxidation sites excluding steroid dienone is 3. The highest BCUT2D eigenvalue weighted by Gasteiger charge is 2.26. The van der Waals surface area contributed by atoms with E-state index in [9.17, 15) is 4.79 Å². The van der Waals surface area contributed by atoms with E-state index < -0.39 is 5.91 Å². The van der Waals surface area contributed by atoms with Crippen molar-refractivity contribution in [1.29, 1.82) is 0 Å². The molecule has 1 amide bonds. The van der Waals surface area contributed by atoms with Crippen molar-refractivity contribution in [3.05, 3.63) is 71.0 Å². The topological polar surface area (TPSA) is 77.2 Å². The molecule has 0 spiro atoms. The number of aromatic nitrogens is 1. The molecule has 2 unspecified atom stereocenters. The molecule has 0 bridgehead atoms. The van der Waals surface area contributed by atoms with Crippen molar-refractivity contribution in [2.24, 2.45) is 5.92 Å². The monoisotopic (exact) mass is 377 g/mol. The second kappa shape index (κ2) is 8.17. The number of para-hydroxylation sites is 1. The summed E-state index contributed by atoms with van der Waals surface area (Å²) in [6, 6.07) is 8.92. The zero-order chi connectivity index (χ0) is 19.5. The number of aryl methyl sites for hydroxylation is 1. The second-order valence-corrected chi connectivity index (χ2v) is 7.69. The van der Waals surface area contributed by atoms with E-state index in [1.54, 1.807) is 5.48 Å². The van der Waals surface area contributed by atoms with Gasteiger partial charge in [-0.15, -0.1) is 0 Å². The summed E-state index contributed by atoms with van der Waals surface area (Å²) >= 11 is 0. The first kappa shape index (κ1) is 18.7. The Balaban J connectivity index is 1.35. The van der Waals surface area contributed by atoms with Crippen molar-refractivity contribution in [3.8, 4) is 0 Å². The maximum atomic E-state index is 11.2. The van der Waals surface area contributed by atoms with Gasteiger partial charge in [0.25, 0.3) is 5.91 Å². The molecule has 2 aliphatic carbocycles. The third kappa shape index (κ3) is 3.81. The van der Waals surface area contributed by atoms with Crippen LogP contribution >= 0.6 is 0 Å². The van der Waals surface area contributed by atoms with Gasteiger partial charge in [0.2, 0.25) is 0 Å². The number of carbonyl (C=O) groups is 1. The summed E-state index contributed by atoms with van der Waals surface area (Å²) in [6.45, 7) is 3.11. The maximum absolute atomic E-state index is 11.2. The number of amides is 1. The van der Waals surface area contributed by atoms with E-state index in [2.05, 4.69) is 53.6 Å². The zero-order valence-electron chi connectivity index (χ0n) is 16.2. The summed E-state index contributed by atoms with van der Waals surface area (Å²) in [5.74, 6) is -0.254. The molecule has 1 heterocycles. The molecule has 0 saturated carbocycles. The van der Waals surface area contributed by atoms with Gasteiger partial charge >= 0.3 is 0 Å². The Morgan fingerprint density at radius 3 is 3.07 bits per heavy atom. The van der Waals surface area contributed by atoms with E-state index in [-0.39, 0.29) is 5.92 Å². The Kier molecular flexibility index (Phi) is 5.46. The van der Waals surface area contributed by atoms with E-state index >= 15 is 0 Å². The number of H-pyrrole nitrogens is 1. The standard InChI is InChI=1S/C23H27N3O2/c1-15-18(20-4-2-3-5-22(20)25-15)12-13-24-21-10-8-17-14-16(6-9-19(17)21)7-11-23(27)26-28/h2-7,9,11,16,21,24-25,28H,8,10,12-14H2,1H3,(H,26,27)/b11-7+. The molecular formula is C23H27N3O2. The summed E-state index contributed by atoms with van der Waals surface area (Å²) in [6.07, 6.45) is 11.8. The Morgan fingerprint density at radius 2 is 2.21 bits per heavy atom. The summed E-state index contributed by atoms with van der Waals surface area (Å²) in [5.41, 5.74) is 8.42. The van der Waals surface area contributed by atoms with Crippen LogP contribution in [-0.4, -0.2) is 28.7 Å². The summed E-state index contributed by atoms with van der Waals surface area (Å²) in [4.78, 5) is 14.6. The zero-order valence-corrected chi connectivity index (χ0v) is 16.2. The molecule has 1 aromatic carbocycles. The van der Waals surface area contributed by atoms with Gasteiger partial charge in [0.15, 0.2) is 0 Å². The fourth-order valence-corrected chi connectivity index (χ4v) is 4.52. The van der Waals surface area contributed by atoms with E-state index in [0.717, 1.165) is 32.2 Å². The average molecular weight is 377 g/mol. The van der Waals surface area contributed by atoms with Crippen molar-refractivity contribution >= 4 is 16.8 Å². The Bertz CT molecular complexity index is 967. The maximum Gasteiger partial charge on any atom is 0.267 e. The van der Waals surface area contributed by atoms with Gasteiger partial charge in [-0.05, 0) is 62.3 Å². The average Bonchev–Trinajstić information content (AvgIpc) is 3.26. The molecule has 146 valence electrons. The number of aromatic amines is 1. The normalized spacial score (nSPS) is 21.6. The van der Waals surface area contributed by atoms with E-state index in [4.69, 9.17) is 5.21 Å². The van der Waals surface area contributed by atoms with Gasteiger partial charge in [-0.25, -0.2) is 5.48 Å². The predicted octanol–water partition coefficient (Wildman–Crippen LogP) is 3.71. The van der Waals surface area contributed by atoms with Crippen molar-refractivity contribution in [1.82, 2.24) is 15.8 Å². The molecule has 5 heteroatoms. The van der Waals surface area contributed by atoms with Gasteiger partial charge < -0.3 is 10.3 Å². The molecule has 0 saturated heterocycles. The van der Waals surface area contributed by atoms with Gasteiger partial charge in [-0.3, -0.25) is 10.0 Å². The van der Waals surface area contributed by atoms with Crippen LogP contribution in [0.5, 0.6) is 0 Å². The van der Waals surface area contributed by atoms with Crippen LogP contribution in [-0.2, 0) is 11.2 Å². The quantitative estimate of drug-likeness (QED) is 0.352. The minimum Gasteiger partial charge on any atom is -0.358 e. The molecule has 5 nitrogen and oxygen atoms in total. The van der Waals surface area contributed by atoms with Gasteiger partial charge in [0, 0.05) is 28.7 Å². The van der Waals surface area contributed by atoms with Crippen LogP contribution < -0.4 is 10.8 Å². The molecule has 28 heavy (non-hydrogen) atoms. The number of fused-ring (bicyclic) bond motifs is 1. The van der Waals surface area contributed by atoms with Crippen molar-refractivity contribution < 1.29 is 10.0 Å². The summed E-state index contributed by atoms with van der Waals surface area (Å²) < 4.78 is 0. The highest BCUT2D eigenvalue weighted by atomic mass is 16.5. The lowest BCUT2D eigenvalue weighted by Gasteiger charge is -2.20. The molecule has 0 radical (unpaired) electrons. The molecule has 4 rings (SSSR count). The third-order valence-corrected chi connectivity index (χ3v) is 5.92. The van der Waals surface area contributed by atoms with Gasteiger partial charge in [0.05, 0.1) is 0 Å². The van der Waals surface area contributed by atoms with Crippen LogP contribution in [0.1, 0.15) is 30.5 Å². The molecule has 0 aliphatic heterocycles. The van der Waals surface area contributed by atoms with Crippen LogP contribution in [0, 0.1) is 12.8 Å². The molecule has 4 N–H and O–H groups in total. The number of hydrogen-bond donors (Lipinski definition) is 4. The first-order valence-corrected chi connectivity index (χ1v) is 9.97. The minimum absolute atomic E-state index is 0.226. The molecule has 0 fully saturated rings. The molecule has 2 aromatic rings. The fraction of sp³-hybridized carbons (Fsp3) is 0.348. The lowest BCUT2D eigenvalue weighted by atomic mass is 9.90. The number of hydrogen-bond acceptors (Lipinski definition) is 3. The lowest BCUT2D eigenvalue weighted by Crippen LogP contribution is -2.30. The summed E-state index contributed by atoms with van der Waals surface area (Å²) in [7, 11) is 0. The highest BCUT2D eigenvalue weighted by molar-refractivity contribution is 5.86. The van der Waals surface area contributed by atoms with Crippen molar-refractivity contribution in [2.75, 3.05) is 6.54 Å². The molecular weight excluding hydrogens is 350 g/mol. The van der Waals surface area contributed by atoms with Gasteiger partial charge in [0.1, 0.15) is 0 Å². The fourth-order valence-electron chi connectivity index (χ4n) is 4.52. The Morgan fingerprint density at radius 1 is 1.36 bits per heavy atom. The summed E-state index contributed by atoms with van der Waals surface area (Å²) in [5, 5.41) is 13.7. The molecule has 1 aromatic heterocycles. The van der Waals surface area contributed by atoms with Gasteiger partial charge in [-0.2, -0.15) is 0 Å². The van der Waals surface area contributed by atoms with Gasteiger partial charge in [-0.1, -0.05) is 42.0 Å². The number of carbonyl (C=O) groups excluding carboxylic acids is 1. The smallest absolute Gasteiger partial charge is 0.267 e. The van der Waals surface area contributed by atoms with Crippen molar-refractivity contribution in [3.63, 3.8) is 0 Å². The Hall–Kier alpha value is -2.63. The van der Waals surface area contributed by atoms with Crippen LogP contribution in [0.2, 0.25) is 0 Å². The van der Waals surface area contributed by atoms with Crippen LogP contribution in [0.15, 0.2) is 59.7 Å². The lowest BCUT2D eigenvalue weighted by molar-refractivity contribution is -0.124. The Labute approximate surface area is 165 Å². The minimum atomic E-state index is -0.480. The van der Waals surface area contributed by atoms with E-state index in [0.29, 0.717) is 6.04 Å². The SMILES string of the molecule is Cc1[nH]c2ccccc2c1CCNC1CCC2=C1C=CC(/C=C/C(=O)NO)C2. The third-order valence-electron chi connectivity index (χ3n) is 5.92. The second-order valence-electron chi connectivity index (χ2n) is 7.69. The van der Waals surface area contributed by atoms with Crippen LogP contribution in [0.4, 0.5) is 0 Å². The van der Waals surface area contributed by atoms with E-state index in [1.807, 2.05) is 6.08 Å².